The molecule has 0 spiro atoms. The monoisotopic (exact) mass is 274 g/mol. The van der Waals surface area contributed by atoms with E-state index in [9.17, 15) is 8.42 Å². The third-order valence-corrected chi connectivity index (χ3v) is 5.39. The van der Waals surface area contributed by atoms with Gasteiger partial charge in [0.15, 0.2) is 0 Å². The maximum atomic E-state index is 12.3. The lowest BCUT2D eigenvalue weighted by Crippen LogP contribution is -2.29. The van der Waals surface area contributed by atoms with Crippen molar-refractivity contribution in [3.8, 4) is 0 Å². The molecule has 0 saturated heterocycles. The van der Waals surface area contributed by atoms with Crippen molar-refractivity contribution in [2.75, 3.05) is 12.8 Å². The van der Waals surface area contributed by atoms with Gasteiger partial charge in [-0.25, -0.2) is 8.42 Å². The fourth-order valence-corrected chi connectivity index (χ4v) is 3.61. The molecule has 0 unspecified atom stereocenters. The van der Waals surface area contributed by atoms with Gasteiger partial charge in [0, 0.05) is 13.1 Å². The molecule has 0 heterocycles. The van der Waals surface area contributed by atoms with Crippen LogP contribution in [-0.2, 0) is 10.0 Å². The van der Waals surface area contributed by atoms with Gasteiger partial charge in [0.05, 0.1) is 15.6 Å². The van der Waals surface area contributed by atoms with Crippen molar-refractivity contribution in [3.63, 3.8) is 0 Å². The molecule has 0 atom stereocenters. The van der Waals surface area contributed by atoms with E-state index in [0.717, 1.165) is 12.8 Å². The van der Waals surface area contributed by atoms with Gasteiger partial charge in [0.25, 0.3) is 0 Å². The average Bonchev–Trinajstić information content (AvgIpc) is 3.05. The molecular formula is C11H15ClN2O2S. The van der Waals surface area contributed by atoms with E-state index in [2.05, 4.69) is 0 Å². The minimum Gasteiger partial charge on any atom is -0.397 e. The van der Waals surface area contributed by atoms with E-state index in [1.165, 1.54) is 10.4 Å². The molecule has 2 N–H and O–H groups in total. The van der Waals surface area contributed by atoms with Crippen molar-refractivity contribution < 1.29 is 8.42 Å². The van der Waals surface area contributed by atoms with E-state index in [4.69, 9.17) is 17.3 Å². The average molecular weight is 275 g/mol. The first-order chi connectivity index (χ1) is 7.84. The molecule has 1 fully saturated rings. The molecule has 1 aromatic carbocycles. The molecular weight excluding hydrogens is 260 g/mol. The maximum Gasteiger partial charge on any atom is 0.243 e. The molecule has 1 aliphatic carbocycles. The van der Waals surface area contributed by atoms with E-state index in [-0.39, 0.29) is 10.9 Å². The molecule has 2 rings (SSSR count). The minimum atomic E-state index is -3.45. The number of sulfonamides is 1. The van der Waals surface area contributed by atoms with Crippen molar-refractivity contribution in [1.29, 1.82) is 0 Å². The van der Waals surface area contributed by atoms with Gasteiger partial charge in [-0.2, -0.15) is 4.31 Å². The van der Waals surface area contributed by atoms with Gasteiger partial charge in [-0.1, -0.05) is 11.6 Å². The Balaban J connectivity index is 2.49. The van der Waals surface area contributed by atoms with E-state index in [0.29, 0.717) is 16.3 Å². The lowest BCUT2D eigenvalue weighted by molar-refractivity contribution is 0.464. The third-order valence-electron chi connectivity index (χ3n) is 3.01. The molecule has 0 bridgehead atoms. The highest BCUT2D eigenvalue weighted by molar-refractivity contribution is 7.89. The van der Waals surface area contributed by atoms with Crippen molar-refractivity contribution in [2.45, 2.75) is 30.7 Å². The molecule has 1 aromatic rings. The molecule has 0 amide bonds. The number of halogens is 1. The molecule has 0 radical (unpaired) electrons. The summed E-state index contributed by atoms with van der Waals surface area (Å²) >= 11 is 5.86. The summed E-state index contributed by atoms with van der Waals surface area (Å²) in [6.45, 7) is 1.72. The summed E-state index contributed by atoms with van der Waals surface area (Å²) in [5.74, 6) is 0. The van der Waals surface area contributed by atoms with Crippen molar-refractivity contribution in [1.82, 2.24) is 4.31 Å². The second-order valence-electron chi connectivity index (χ2n) is 4.39. The summed E-state index contributed by atoms with van der Waals surface area (Å²) in [6.07, 6.45) is 1.86. The molecule has 1 saturated carbocycles. The Hall–Kier alpha value is -0.780. The predicted molar refractivity (Wildman–Crippen MR) is 68.6 cm³/mol. The largest absolute Gasteiger partial charge is 0.397 e. The summed E-state index contributed by atoms with van der Waals surface area (Å²) in [5.41, 5.74) is 6.58. The van der Waals surface area contributed by atoms with Crippen LogP contribution in [0, 0.1) is 6.92 Å². The Morgan fingerprint density at radius 2 is 2.00 bits per heavy atom. The second-order valence-corrected chi connectivity index (χ2v) is 6.76. The van der Waals surface area contributed by atoms with E-state index in [1.54, 1.807) is 20.0 Å². The number of benzene rings is 1. The van der Waals surface area contributed by atoms with Gasteiger partial charge >= 0.3 is 0 Å². The first kappa shape index (κ1) is 12.7. The fraction of sp³-hybridized carbons (Fsp3) is 0.455. The summed E-state index contributed by atoms with van der Waals surface area (Å²) in [7, 11) is -1.84. The van der Waals surface area contributed by atoms with Crippen LogP contribution < -0.4 is 5.73 Å². The van der Waals surface area contributed by atoms with Crippen LogP contribution in [0.3, 0.4) is 0 Å². The van der Waals surface area contributed by atoms with Crippen LogP contribution in [0.2, 0.25) is 5.02 Å². The Kier molecular flexibility index (Phi) is 3.10. The van der Waals surface area contributed by atoms with Crippen LogP contribution in [0.15, 0.2) is 17.0 Å². The number of nitrogen functional groups attached to an aromatic ring is 1. The Bertz CT molecular complexity index is 553. The fourth-order valence-electron chi connectivity index (χ4n) is 1.74. The number of anilines is 1. The van der Waals surface area contributed by atoms with Crippen LogP contribution in [0.1, 0.15) is 18.4 Å². The van der Waals surface area contributed by atoms with Crippen molar-refractivity contribution in [3.05, 3.63) is 22.7 Å². The smallest absolute Gasteiger partial charge is 0.243 e. The molecule has 4 nitrogen and oxygen atoms in total. The molecule has 0 aromatic heterocycles. The normalized spacial score (nSPS) is 16.5. The van der Waals surface area contributed by atoms with Gasteiger partial charge in [0.2, 0.25) is 10.0 Å². The lowest BCUT2D eigenvalue weighted by atomic mass is 10.2. The number of nitrogens with zero attached hydrogens (tertiary/aromatic N) is 1. The Labute approximate surface area is 106 Å². The zero-order valence-corrected chi connectivity index (χ0v) is 11.3. The number of hydrogen-bond acceptors (Lipinski definition) is 3. The number of hydrogen-bond donors (Lipinski definition) is 1. The first-order valence-corrected chi connectivity index (χ1v) is 7.19. The molecule has 0 aliphatic heterocycles. The second kappa shape index (κ2) is 4.15. The zero-order chi connectivity index (χ0) is 12.8. The highest BCUT2D eigenvalue weighted by Crippen LogP contribution is 2.33. The third kappa shape index (κ3) is 2.27. The molecule has 1 aliphatic rings. The number of nitrogens with two attached hydrogens (primary N) is 1. The Morgan fingerprint density at radius 3 is 2.53 bits per heavy atom. The lowest BCUT2D eigenvalue weighted by Gasteiger charge is -2.18. The molecule has 6 heteroatoms. The highest BCUT2D eigenvalue weighted by Gasteiger charge is 2.35. The van der Waals surface area contributed by atoms with Gasteiger partial charge in [0.1, 0.15) is 0 Å². The summed E-state index contributed by atoms with van der Waals surface area (Å²) in [5, 5.41) is 0.385. The van der Waals surface area contributed by atoms with Crippen LogP contribution in [0.4, 0.5) is 5.69 Å². The van der Waals surface area contributed by atoms with Crippen LogP contribution >= 0.6 is 11.6 Å². The molecule has 17 heavy (non-hydrogen) atoms. The van der Waals surface area contributed by atoms with E-state index in [1.807, 2.05) is 0 Å². The highest BCUT2D eigenvalue weighted by atomic mass is 35.5. The van der Waals surface area contributed by atoms with Crippen molar-refractivity contribution >= 4 is 27.3 Å². The van der Waals surface area contributed by atoms with Gasteiger partial charge in [-0.15, -0.1) is 0 Å². The molecule has 94 valence electrons. The number of aryl methyl sites for hydroxylation is 1. The van der Waals surface area contributed by atoms with E-state index < -0.39 is 10.0 Å². The van der Waals surface area contributed by atoms with Gasteiger partial charge < -0.3 is 5.73 Å². The summed E-state index contributed by atoms with van der Waals surface area (Å²) < 4.78 is 26.1. The zero-order valence-electron chi connectivity index (χ0n) is 9.77. The van der Waals surface area contributed by atoms with Crippen LogP contribution in [0.25, 0.3) is 0 Å². The first-order valence-electron chi connectivity index (χ1n) is 5.37. The van der Waals surface area contributed by atoms with Crippen LogP contribution in [0.5, 0.6) is 0 Å². The standard InChI is InChI=1S/C11H15ClN2O2S/c1-7-5-9(12)10(13)6-11(7)17(15,16)14(2)8-3-4-8/h5-6,8H,3-4,13H2,1-2H3. The van der Waals surface area contributed by atoms with Gasteiger partial charge in [-0.05, 0) is 37.5 Å². The van der Waals surface area contributed by atoms with E-state index >= 15 is 0 Å². The minimum absolute atomic E-state index is 0.135. The van der Waals surface area contributed by atoms with Crippen molar-refractivity contribution in [2.24, 2.45) is 0 Å². The summed E-state index contributed by atoms with van der Waals surface area (Å²) in [6, 6.07) is 3.16. The van der Waals surface area contributed by atoms with Crippen LogP contribution in [-0.4, -0.2) is 25.8 Å². The number of rotatable bonds is 3. The predicted octanol–water partition coefficient (Wildman–Crippen LogP) is 2.01. The SMILES string of the molecule is Cc1cc(Cl)c(N)cc1S(=O)(=O)N(C)C1CC1. The topological polar surface area (TPSA) is 63.4 Å². The quantitative estimate of drug-likeness (QED) is 0.858. The summed E-state index contributed by atoms with van der Waals surface area (Å²) in [4.78, 5) is 0.244. The Morgan fingerprint density at radius 1 is 1.41 bits per heavy atom. The van der Waals surface area contributed by atoms with Gasteiger partial charge in [-0.3, -0.25) is 0 Å². The maximum absolute atomic E-state index is 12.3.